The van der Waals surface area contributed by atoms with E-state index in [0.29, 0.717) is 5.92 Å². The van der Waals surface area contributed by atoms with Crippen LogP contribution in [0.25, 0.3) is 0 Å². The van der Waals surface area contributed by atoms with E-state index < -0.39 is 0 Å². The Morgan fingerprint density at radius 3 is 2.56 bits per heavy atom. The third-order valence-corrected chi connectivity index (χ3v) is 5.71. The lowest BCUT2D eigenvalue weighted by atomic mass is 9.95. The molecule has 0 nitrogen and oxygen atoms in total. The molecule has 0 radical (unpaired) electrons. The molecular formula is C13H20BrClS. The van der Waals surface area contributed by atoms with Crippen molar-refractivity contribution < 1.29 is 0 Å². The summed E-state index contributed by atoms with van der Waals surface area (Å²) in [7, 11) is 0. The topological polar surface area (TPSA) is 0 Å². The van der Waals surface area contributed by atoms with Crippen LogP contribution in [0.3, 0.4) is 0 Å². The summed E-state index contributed by atoms with van der Waals surface area (Å²) in [6, 6.07) is 2.17. The van der Waals surface area contributed by atoms with Crippen LogP contribution in [0.2, 0.25) is 0 Å². The van der Waals surface area contributed by atoms with Gasteiger partial charge in [0.1, 0.15) is 0 Å². The van der Waals surface area contributed by atoms with Crippen molar-refractivity contribution in [3.8, 4) is 0 Å². The van der Waals surface area contributed by atoms with Crippen molar-refractivity contribution in [3.05, 3.63) is 20.3 Å². The van der Waals surface area contributed by atoms with Crippen LogP contribution in [-0.4, -0.2) is 0 Å². The van der Waals surface area contributed by atoms with Gasteiger partial charge in [0, 0.05) is 14.2 Å². The number of hydrogen-bond acceptors (Lipinski definition) is 1. The predicted molar refractivity (Wildman–Crippen MR) is 78.7 cm³/mol. The Balaban J connectivity index is 2.74. The average Bonchev–Trinajstić information content (AvgIpc) is 2.58. The molecule has 1 aromatic heterocycles. The molecule has 0 amide bonds. The molecule has 0 bridgehead atoms. The molecule has 0 aliphatic carbocycles. The van der Waals surface area contributed by atoms with Gasteiger partial charge in [-0.05, 0) is 41.3 Å². The van der Waals surface area contributed by atoms with E-state index in [1.54, 1.807) is 0 Å². The largest absolute Gasteiger partial charge is 0.143 e. The van der Waals surface area contributed by atoms with Gasteiger partial charge < -0.3 is 0 Å². The standard InChI is InChI=1S/C13H20BrClS/c1-4-6-7-10(5-2)12(15)13-11(14)8-9(3)16-13/h8,10,12H,4-7H2,1-3H3. The molecule has 0 fully saturated rings. The highest BCUT2D eigenvalue weighted by atomic mass is 79.9. The van der Waals surface area contributed by atoms with Gasteiger partial charge in [-0.3, -0.25) is 0 Å². The van der Waals surface area contributed by atoms with Gasteiger partial charge in [0.25, 0.3) is 0 Å². The number of halogens is 2. The third-order valence-electron chi connectivity index (χ3n) is 2.95. The smallest absolute Gasteiger partial charge is 0.0718 e. The fourth-order valence-electron chi connectivity index (χ4n) is 1.93. The third kappa shape index (κ3) is 3.75. The number of unbranched alkanes of at least 4 members (excludes halogenated alkanes) is 1. The van der Waals surface area contributed by atoms with Gasteiger partial charge in [-0.25, -0.2) is 0 Å². The van der Waals surface area contributed by atoms with E-state index in [0.717, 1.165) is 6.42 Å². The molecule has 0 spiro atoms. The zero-order valence-electron chi connectivity index (χ0n) is 10.2. The minimum Gasteiger partial charge on any atom is -0.143 e. The first kappa shape index (κ1) is 14.5. The zero-order valence-corrected chi connectivity index (χ0v) is 13.4. The first-order chi connectivity index (χ1) is 7.60. The van der Waals surface area contributed by atoms with Crippen molar-refractivity contribution in [2.24, 2.45) is 5.92 Å². The highest BCUT2D eigenvalue weighted by Crippen LogP contribution is 2.42. The number of thiophene rings is 1. The number of hydrogen-bond donors (Lipinski definition) is 0. The molecule has 0 aliphatic rings. The van der Waals surface area contributed by atoms with Crippen LogP contribution in [0.5, 0.6) is 0 Å². The van der Waals surface area contributed by atoms with Crippen LogP contribution in [-0.2, 0) is 0 Å². The molecule has 1 heterocycles. The van der Waals surface area contributed by atoms with Gasteiger partial charge in [0.15, 0.2) is 0 Å². The Hall–Kier alpha value is 0.470. The summed E-state index contributed by atoms with van der Waals surface area (Å²) < 4.78 is 1.19. The molecule has 2 unspecified atom stereocenters. The van der Waals surface area contributed by atoms with E-state index in [1.165, 1.54) is 33.5 Å². The Bertz CT molecular complexity index is 322. The summed E-state index contributed by atoms with van der Waals surface area (Å²) in [6.45, 7) is 6.61. The monoisotopic (exact) mass is 322 g/mol. The molecule has 16 heavy (non-hydrogen) atoms. The second kappa shape index (κ2) is 7.03. The minimum absolute atomic E-state index is 0.171. The molecule has 0 saturated carbocycles. The van der Waals surface area contributed by atoms with Gasteiger partial charge in [-0.1, -0.05) is 33.1 Å². The molecule has 1 rings (SSSR count). The van der Waals surface area contributed by atoms with E-state index in [1.807, 2.05) is 11.3 Å². The van der Waals surface area contributed by atoms with Crippen LogP contribution in [0.4, 0.5) is 0 Å². The minimum atomic E-state index is 0.171. The normalized spacial score (nSPS) is 15.1. The van der Waals surface area contributed by atoms with E-state index in [4.69, 9.17) is 11.6 Å². The van der Waals surface area contributed by atoms with E-state index in [9.17, 15) is 0 Å². The maximum Gasteiger partial charge on any atom is 0.0718 e. The number of alkyl halides is 1. The fourth-order valence-corrected chi connectivity index (χ4v) is 4.58. The van der Waals surface area contributed by atoms with Gasteiger partial charge in [0.2, 0.25) is 0 Å². The second-order valence-electron chi connectivity index (χ2n) is 4.28. The first-order valence-corrected chi connectivity index (χ1v) is 8.04. The lowest BCUT2D eigenvalue weighted by molar-refractivity contribution is 0.439. The molecule has 1 aromatic rings. The lowest BCUT2D eigenvalue weighted by Gasteiger charge is -2.20. The molecule has 0 aliphatic heterocycles. The second-order valence-corrected chi connectivity index (χ2v) is 6.89. The predicted octanol–water partition coefficient (Wildman–Crippen LogP) is 6.32. The lowest BCUT2D eigenvalue weighted by Crippen LogP contribution is -2.06. The molecule has 3 heteroatoms. The summed E-state index contributed by atoms with van der Waals surface area (Å²) in [4.78, 5) is 2.64. The molecule has 2 atom stereocenters. The van der Waals surface area contributed by atoms with Crippen molar-refractivity contribution >= 4 is 38.9 Å². The Morgan fingerprint density at radius 1 is 1.44 bits per heavy atom. The molecule has 92 valence electrons. The fraction of sp³-hybridized carbons (Fsp3) is 0.692. The maximum atomic E-state index is 6.61. The van der Waals surface area contributed by atoms with Gasteiger partial charge >= 0.3 is 0 Å². The number of aryl methyl sites for hydroxylation is 1. The van der Waals surface area contributed by atoms with Gasteiger partial charge in [0.05, 0.1) is 5.38 Å². The highest BCUT2D eigenvalue weighted by molar-refractivity contribution is 9.10. The van der Waals surface area contributed by atoms with E-state index >= 15 is 0 Å². The van der Waals surface area contributed by atoms with Gasteiger partial charge in [-0.2, -0.15) is 0 Å². The quantitative estimate of drug-likeness (QED) is 0.538. The SMILES string of the molecule is CCCCC(CC)C(Cl)c1sc(C)cc1Br. The van der Waals surface area contributed by atoms with Crippen LogP contribution < -0.4 is 0 Å². The van der Waals surface area contributed by atoms with Crippen molar-refractivity contribution in [1.29, 1.82) is 0 Å². The molecule has 0 saturated heterocycles. The van der Waals surface area contributed by atoms with Crippen LogP contribution >= 0.6 is 38.9 Å². The molecule has 0 N–H and O–H groups in total. The Morgan fingerprint density at radius 2 is 2.12 bits per heavy atom. The average molecular weight is 324 g/mol. The van der Waals surface area contributed by atoms with Crippen molar-refractivity contribution in [1.82, 2.24) is 0 Å². The van der Waals surface area contributed by atoms with Crippen LogP contribution in [0.1, 0.15) is 54.7 Å². The summed E-state index contributed by atoms with van der Waals surface area (Å²) in [5.41, 5.74) is 0. The maximum absolute atomic E-state index is 6.61. The summed E-state index contributed by atoms with van der Waals surface area (Å²) in [5, 5.41) is 0.171. The highest BCUT2D eigenvalue weighted by Gasteiger charge is 2.22. The zero-order chi connectivity index (χ0) is 12.1. The van der Waals surface area contributed by atoms with E-state index in [-0.39, 0.29) is 5.38 Å². The molecular weight excluding hydrogens is 304 g/mol. The summed E-state index contributed by atoms with van der Waals surface area (Å²) >= 11 is 12.0. The summed E-state index contributed by atoms with van der Waals surface area (Å²) in [6.07, 6.45) is 4.94. The first-order valence-electron chi connectivity index (χ1n) is 6.00. The van der Waals surface area contributed by atoms with Gasteiger partial charge in [-0.15, -0.1) is 22.9 Å². The Labute approximate surface area is 117 Å². The van der Waals surface area contributed by atoms with Crippen LogP contribution in [0, 0.1) is 12.8 Å². The number of rotatable bonds is 6. The Kier molecular flexibility index (Phi) is 6.38. The van der Waals surface area contributed by atoms with Crippen LogP contribution in [0.15, 0.2) is 10.5 Å². The summed E-state index contributed by atoms with van der Waals surface area (Å²) in [5.74, 6) is 0.607. The van der Waals surface area contributed by atoms with Crippen molar-refractivity contribution in [2.75, 3.05) is 0 Å². The molecule has 0 aromatic carbocycles. The van der Waals surface area contributed by atoms with Crippen molar-refractivity contribution in [3.63, 3.8) is 0 Å². The van der Waals surface area contributed by atoms with E-state index in [2.05, 4.69) is 42.8 Å². The van der Waals surface area contributed by atoms with Crippen molar-refractivity contribution in [2.45, 2.75) is 51.8 Å².